The monoisotopic (exact) mass is 450 g/mol. The maximum Gasteiger partial charge on any atom is 0.161 e. The molecule has 3 heteroatoms. The van der Waals surface area contributed by atoms with Crippen LogP contribution in [0.5, 0.6) is 0 Å². The number of carbonyl (C=O) groups excluding carboxylic acids is 2. The molecular weight excluding hydrogens is 408 g/mol. The Morgan fingerprint density at radius 1 is 0.788 bits per heavy atom. The molecule has 4 rings (SSSR count). The second-order valence-corrected chi connectivity index (χ2v) is 12.4. The van der Waals surface area contributed by atoms with E-state index in [1.165, 1.54) is 11.1 Å². The van der Waals surface area contributed by atoms with Crippen LogP contribution >= 0.6 is 0 Å². The molecule has 4 aliphatic rings. The fraction of sp³-hybridized carbons (Fsp3) is 0.667. The summed E-state index contributed by atoms with van der Waals surface area (Å²) in [5.74, 6) is 2.13. The molecule has 0 saturated heterocycles. The molecule has 0 aromatic heterocycles. The van der Waals surface area contributed by atoms with Gasteiger partial charge >= 0.3 is 0 Å². The zero-order valence-corrected chi connectivity index (χ0v) is 21.2. The third-order valence-electron chi connectivity index (χ3n) is 9.27. The number of ketones is 2. The second-order valence-electron chi connectivity index (χ2n) is 12.4. The zero-order chi connectivity index (χ0) is 24.0. The average molecular weight is 451 g/mol. The Labute approximate surface area is 200 Å². The summed E-state index contributed by atoms with van der Waals surface area (Å²) in [7, 11) is 0. The third-order valence-corrected chi connectivity index (χ3v) is 9.27. The van der Waals surface area contributed by atoms with E-state index in [9.17, 15) is 9.59 Å². The Morgan fingerprint density at radius 3 is 1.55 bits per heavy atom. The molecule has 0 heterocycles. The van der Waals surface area contributed by atoms with Crippen molar-refractivity contribution in [2.75, 3.05) is 13.2 Å². The van der Waals surface area contributed by atoms with Crippen LogP contribution in [0.25, 0.3) is 0 Å². The maximum absolute atomic E-state index is 13.1. The number of allylic oxidation sites excluding steroid dienone is 4. The normalized spacial score (nSPS) is 33.9. The number of fused-ring (bicyclic) bond motifs is 2. The van der Waals surface area contributed by atoms with Gasteiger partial charge in [0.05, 0.1) is 13.2 Å². The van der Waals surface area contributed by atoms with Crippen molar-refractivity contribution in [3.8, 4) is 0 Å². The van der Waals surface area contributed by atoms with Gasteiger partial charge < -0.3 is 4.74 Å². The van der Waals surface area contributed by atoms with Crippen LogP contribution in [0.3, 0.4) is 0 Å². The lowest BCUT2D eigenvalue weighted by Gasteiger charge is -2.52. The number of hydrogen-bond donors (Lipinski definition) is 0. The molecule has 0 aliphatic heterocycles. The first-order chi connectivity index (χ1) is 15.5. The van der Waals surface area contributed by atoms with Crippen molar-refractivity contribution in [3.63, 3.8) is 0 Å². The smallest absolute Gasteiger partial charge is 0.161 e. The van der Waals surface area contributed by atoms with Gasteiger partial charge in [0.25, 0.3) is 0 Å². The Balaban J connectivity index is 1.38. The molecule has 3 nitrogen and oxygen atoms in total. The molecule has 180 valence electrons. The second kappa shape index (κ2) is 9.13. The van der Waals surface area contributed by atoms with E-state index in [-0.39, 0.29) is 35.6 Å². The van der Waals surface area contributed by atoms with Gasteiger partial charge in [-0.25, -0.2) is 0 Å². The molecule has 0 aromatic rings. The molecule has 0 amide bonds. The number of rotatable bonds is 4. The molecule has 4 atom stereocenters. The molecule has 4 unspecified atom stereocenters. The Hall–Kier alpha value is -1.74. The molecule has 0 aromatic carbocycles. The summed E-state index contributed by atoms with van der Waals surface area (Å²) in [6, 6.07) is 0. The summed E-state index contributed by atoms with van der Waals surface area (Å²) in [5, 5.41) is 0. The van der Waals surface area contributed by atoms with Crippen molar-refractivity contribution in [1.82, 2.24) is 0 Å². The quantitative estimate of drug-likeness (QED) is 0.442. The van der Waals surface area contributed by atoms with Gasteiger partial charge in [0.15, 0.2) is 11.6 Å². The van der Waals surface area contributed by atoms with Crippen molar-refractivity contribution in [2.24, 2.45) is 34.5 Å². The van der Waals surface area contributed by atoms with Crippen molar-refractivity contribution in [1.29, 1.82) is 0 Å². The van der Waals surface area contributed by atoms with Gasteiger partial charge in [-0.15, -0.1) is 0 Å². The fourth-order valence-corrected chi connectivity index (χ4v) is 6.86. The van der Waals surface area contributed by atoms with E-state index in [1.54, 1.807) is 0 Å². The van der Waals surface area contributed by atoms with Crippen LogP contribution in [-0.4, -0.2) is 24.8 Å². The Morgan fingerprint density at radius 2 is 1.18 bits per heavy atom. The maximum atomic E-state index is 13.1. The van der Waals surface area contributed by atoms with E-state index in [1.807, 2.05) is 0 Å². The lowest BCUT2D eigenvalue weighted by atomic mass is 9.52. The SMILES string of the molecule is C=C1CCC=C(COCC2=CCCC(=C)C3CC(C)(C)C3CC2=O)C(=O)CC2C1CC2(C)C. The third kappa shape index (κ3) is 4.90. The molecule has 4 aliphatic carbocycles. The summed E-state index contributed by atoms with van der Waals surface area (Å²) in [5.41, 5.74) is 4.54. The predicted octanol–water partition coefficient (Wildman–Crippen LogP) is 6.80. The van der Waals surface area contributed by atoms with E-state index < -0.39 is 0 Å². The molecular formula is C30H42O3. The highest BCUT2D eigenvalue weighted by Crippen LogP contribution is 2.57. The molecule has 33 heavy (non-hydrogen) atoms. The van der Waals surface area contributed by atoms with Crippen LogP contribution in [0.15, 0.2) is 47.6 Å². The number of Topliss-reactive ketones (excluding diaryl/α,β-unsaturated/α-hetero) is 2. The standard InChI is InChI=1S/C30H42O3/c1-19-9-7-11-21(27(31)13-25-23(19)15-29(25,3)4)17-33-18-22-12-8-10-20(2)24-16-30(5,6)26(24)14-28(22)32/h11-12,23-26H,1-2,7-10,13-18H2,3-6H3. The van der Waals surface area contributed by atoms with E-state index >= 15 is 0 Å². The van der Waals surface area contributed by atoms with E-state index in [4.69, 9.17) is 4.74 Å². The lowest BCUT2D eigenvalue weighted by molar-refractivity contribution is -0.121. The summed E-state index contributed by atoms with van der Waals surface area (Å²) in [6.45, 7) is 18.3. The van der Waals surface area contributed by atoms with Crippen LogP contribution in [-0.2, 0) is 14.3 Å². The Bertz CT molecular complexity index is 839. The molecule has 2 saturated carbocycles. The predicted molar refractivity (Wildman–Crippen MR) is 134 cm³/mol. The number of ether oxygens (including phenoxy) is 1. The summed E-state index contributed by atoms with van der Waals surface area (Å²) < 4.78 is 6.02. The minimum atomic E-state index is 0.200. The molecule has 0 bridgehead atoms. The molecule has 0 spiro atoms. The van der Waals surface area contributed by atoms with Gasteiger partial charge in [0, 0.05) is 24.0 Å². The average Bonchev–Trinajstić information content (AvgIpc) is 2.82. The van der Waals surface area contributed by atoms with E-state index in [0.717, 1.165) is 49.7 Å². The van der Waals surface area contributed by atoms with Gasteiger partial charge in [0.1, 0.15) is 0 Å². The highest BCUT2D eigenvalue weighted by atomic mass is 16.5. The fourth-order valence-electron chi connectivity index (χ4n) is 6.86. The lowest BCUT2D eigenvalue weighted by Crippen LogP contribution is -2.45. The van der Waals surface area contributed by atoms with Crippen LogP contribution in [0.2, 0.25) is 0 Å². The number of carbonyl (C=O) groups is 2. The molecule has 0 radical (unpaired) electrons. The molecule has 2 fully saturated rings. The molecule has 0 N–H and O–H groups in total. The van der Waals surface area contributed by atoms with Crippen molar-refractivity contribution < 1.29 is 14.3 Å². The summed E-state index contributed by atoms with van der Waals surface area (Å²) in [6.07, 6.45) is 11.1. The first-order valence-electron chi connectivity index (χ1n) is 12.9. The van der Waals surface area contributed by atoms with Gasteiger partial charge in [-0.3, -0.25) is 9.59 Å². The van der Waals surface area contributed by atoms with Gasteiger partial charge in [-0.1, -0.05) is 64.2 Å². The van der Waals surface area contributed by atoms with Crippen LogP contribution in [0.1, 0.15) is 79.1 Å². The van der Waals surface area contributed by atoms with Gasteiger partial charge in [-0.05, 0) is 73.0 Å². The van der Waals surface area contributed by atoms with Gasteiger partial charge in [-0.2, -0.15) is 0 Å². The number of hydrogen-bond acceptors (Lipinski definition) is 3. The van der Waals surface area contributed by atoms with Crippen molar-refractivity contribution >= 4 is 11.6 Å². The Kier molecular flexibility index (Phi) is 6.75. The van der Waals surface area contributed by atoms with Crippen molar-refractivity contribution in [2.45, 2.75) is 79.1 Å². The summed E-state index contributed by atoms with van der Waals surface area (Å²) in [4.78, 5) is 26.2. The minimum absolute atomic E-state index is 0.200. The largest absolute Gasteiger partial charge is 0.372 e. The summed E-state index contributed by atoms with van der Waals surface area (Å²) >= 11 is 0. The van der Waals surface area contributed by atoms with Gasteiger partial charge in [0.2, 0.25) is 0 Å². The van der Waals surface area contributed by atoms with E-state index in [0.29, 0.717) is 36.5 Å². The van der Waals surface area contributed by atoms with Crippen molar-refractivity contribution in [3.05, 3.63) is 47.6 Å². The van der Waals surface area contributed by atoms with Crippen LogP contribution in [0.4, 0.5) is 0 Å². The van der Waals surface area contributed by atoms with E-state index in [2.05, 4.69) is 53.0 Å². The van der Waals surface area contributed by atoms with Crippen LogP contribution in [0, 0.1) is 34.5 Å². The van der Waals surface area contributed by atoms with Crippen LogP contribution < -0.4 is 0 Å². The minimum Gasteiger partial charge on any atom is -0.372 e. The first-order valence-corrected chi connectivity index (χ1v) is 12.9. The zero-order valence-electron chi connectivity index (χ0n) is 21.2. The highest BCUT2D eigenvalue weighted by Gasteiger charge is 2.50. The first kappa shape index (κ1) is 24.4. The topological polar surface area (TPSA) is 43.4 Å². The highest BCUT2D eigenvalue weighted by molar-refractivity contribution is 5.96.